The highest BCUT2D eigenvalue weighted by Crippen LogP contribution is 2.37. The molecule has 3 N–H and O–H groups in total. The predicted molar refractivity (Wildman–Crippen MR) is 122 cm³/mol. The summed E-state index contributed by atoms with van der Waals surface area (Å²) in [5.74, 6) is -0.439. The van der Waals surface area contributed by atoms with Gasteiger partial charge in [0.05, 0.1) is 11.6 Å². The maximum Gasteiger partial charge on any atom is 0.526 e. The minimum Gasteiger partial charge on any atom is -0.535 e. The number of carboxylic acids is 1. The van der Waals surface area contributed by atoms with Gasteiger partial charge in [-0.2, -0.15) is 0 Å². The van der Waals surface area contributed by atoms with Crippen molar-refractivity contribution in [2.45, 2.75) is 77.1 Å². The van der Waals surface area contributed by atoms with Gasteiger partial charge in [-0.25, -0.2) is 4.79 Å². The highest BCUT2D eigenvalue weighted by Gasteiger charge is 2.38. The summed E-state index contributed by atoms with van der Waals surface area (Å²) in [4.78, 5) is 36.5. The molecule has 1 heterocycles. The molecule has 1 aliphatic carbocycles. The zero-order valence-electron chi connectivity index (χ0n) is 19.0. The van der Waals surface area contributed by atoms with Gasteiger partial charge >= 0.3 is 13.1 Å². The third kappa shape index (κ3) is 6.42. The first-order valence-electron chi connectivity index (χ1n) is 11.7. The summed E-state index contributed by atoms with van der Waals surface area (Å²) in [6.07, 6.45) is 5.09. The average molecular weight is 443 g/mol. The number of aromatic carboxylic acids is 1. The van der Waals surface area contributed by atoms with Crippen molar-refractivity contribution in [3.05, 3.63) is 29.3 Å². The Labute approximate surface area is 190 Å². The van der Waals surface area contributed by atoms with Crippen molar-refractivity contribution in [2.75, 3.05) is 6.54 Å². The smallest absolute Gasteiger partial charge is 0.526 e. The van der Waals surface area contributed by atoms with E-state index in [0.29, 0.717) is 30.7 Å². The molecular formula is C24H34BNO6. The molecule has 32 heavy (non-hydrogen) atoms. The summed E-state index contributed by atoms with van der Waals surface area (Å²) >= 11 is 0. The Bertz CT molecular complexity index is 842. The molecule has 0 radical (unpaired) electrons. The van der Waals surface area contributed by atoms with Crippen LogP contribution in [0.5, 0.6) is 5.75 Å². The van der Waals surface area contributed by atoms with E-state index in [0.717, 1.165) is 32.2 Å². The molecule has 0 saturated heterocycles. The lowest BCUT2D eigenvalue weighted by Gasteiger charge is -2.30. The number of hydrogen-bond acceptors (Lipinski definition) is 6. The predicted octanol–water partition coefficient (Wildman–Crippen LogP) is 3.28. The Hall–Kier alpha value is -2.19. The van der Waals surface area contributed by atoms with Crippen LogP contribution in [0.1, 0.15) is 74.7 Å². The van der Waals surface area contributed by atoms with E-state index in [1.165, 1.54) is 6.07 Å². The van der Waals surface area contributed by atoms with Crippen LogP contribution in [-0.2, 0) is 16.0 Å². The van der Waals surface area contributed by atoms with Gasteiger partial charge in [0.1, 0.15) is 17.3 Å². The molecule has 2 unspecified atom stereocenters. The molecule has 1 fully saturated rings. The molecule has 0 spiro atoms. The number of ketones is 2. The van der Waals surface area contributed by atoms with Crippen LogP contribution in [0, 0.1) is 11.8 Å². The Balaban J connectivity index is 1.47. The minimum absolute atomic E-state index is 0.0108. The summed E-state index contributed by atoms with van der Waals surface area (Å²) < 4.78 is 5.48. The van der Waals surface area contributed by atoms with E-state index in [1.54, 1.807) is 12.1 Å². The van der Waals surface area contributed by atoms with Gasteiger partial charge in [0, 0.05) is 25.1 Å². The molecule has 1 aromatic rings. The first-order chi connectivity index (χ1) is 15.2. The minimum atomic E-state index is -1.22. The fourth-order valence-electron chi connectivity index (χ4n) is 4.79. The van der Waals surface area contributed by atoms with Crippen molar-refractivity contribution < 1.29 is 29.2 Å². The van der Waals surface area contributed by atoms with Crippen LogP contribution in [0.4, 0.5) is 0 Å². The van der Waals surface area contributed by atoms with Gasteiger partial charge in [0.25, 0.3) is 0 Å². The third-order valence-corrected chi connectivity index (χ3v) is 6.55. The molecule has 174 valence electrons. The van der Waals surface area contributed by atoms with Gasteiger partial charge in [-0.05, 0) is 62.1 Å². The lowest BCUT2D eigenvalue weighted by molar-refractivity contribution is -0.125. The Morgan fingerprint density at radius 1 is 1.22 bits per heavy atom. The van der Waals surface area contributed by atoms with Crippen molar-refractivity contribution in [2.24, 2.45) is 11.8 Å². The molecule has 3 atom stereocenters. The zero-order chi connectivity index (χ0) is 23.3. The summed E-state index contributed by atoms with van der Waals surface area (Å²) in [6, 6.07) is 4.75. The monoisotopic (exact) mass is 443 g/mol. The van der Waals surface area contributed by atoms with Crippen LogP contribution in [0.2, 0.25) is 5.82 Å². The largest absolute Gasteiger partial charge is 0.535 e. The van der Waals surface area contributed by atoms with E-state index < -0.39 is 18.9 Å². The van der Waals surface area contributed by atoms with Gasteiger partial charge in [-0.3, -0.25) is 9.59 Å². The summed E-state index contributed by atoms with van der Waals surface area (Å²) in [5.41, 5.74) is 0.701. The Morgan fingerprint density at radius 2 is 2.00 bits per heavy atom. The fraction of sp³-hybridized carbons (Fsp3) is 0.625. The molecule has 8 heteroatoms. The second-order valence-electron chi connectivity index (χ2n) is 9.68. The molecule has 0 aromatic heterocycles. The van der Waals surface area contributed by atoms with Crippen LogP contribution in [-0.4, -0.2) is 47.4 Å². The first-order valence-corrected chi connectivity index (χ1v) is 11.7. The van der Waals surface area contributed by atoms with E-state index in [-0.39, 0.29) is 41.3 Å². The maximum absolute atomic E-state index is 12.7. The normalized spacial score (nSPS) is 23.1. The van der Waals surface area contributed by atoms with Gasteiger partial charge in [0.15, 0.2) is 0 Å². The molecule has 0 amide bonds. The molecular weight excluding hydrogens is 409 g/mol. The molecule has 1 aliphatic heterocycles. The maximum atomic E-state index is 12.7. The van der Waals surface area contributed by atoms with E-state index in [1.807, 2.05) is 0 Å². The number of Topliss-reactive ketones (excluding diaryl/α,β-unsaturated/α-hetero) is 2. The van der Waals surface area contributed by atoms with Crippen molar-refractivity contribution in [3.63, 3.8) is 0 Å². The van der Waals surface area contributed by atoms with E-state index in [4.69, 9.17) is 4.65 Å². The zero-order valence-corrected chi connectivity index (χ0v) is 19.0. The third-order valence-electron chi connectivity index (χ3n) is 6.55. The van der Waals surface area contributed by atoms with Crippen LogP contribution >= 0.6 is 0 Å². The van der Waals surface area contributed by atoms with Crippen molar-refractivity contribution in [3.8, 4) is 5.75 Å². The number of carboxylic acid groups (broad SMARTS) is 1. The standard InChI is InChI=1S/C24H34BNO6/c1-15(2)5-4-10-26-21-9-8-16(12-22(21)28)11-19(27)14-18-13-17-6-3-7-20(24(29)30)23(17)32-25(18)31/h3,6-7,15-16,18,21,26,31H,4-5,8-14H2,1-2H3,(H,29,30)/t16?,18-,21?/m1/s1. The van der Waals surface area contributed by atoms with Gasteiger partial charge in [-0.1, -0.05) is 26.0 Å². The Kier molecular flexibility index (Phi) is 8.48. The number of rotatable bonds is 10. The number of fused-ring (bicyclic) bond motifs is 1. The first kappa shape index (κ1) is 24.5. The summed E-state index contributed by atoms with van der Waals surface area (Å²) in [7, 11) is -1.22. The average Bonchev–Trinajstić information content (AvgIpc) is 2.72. The lowest BCUT2D eigenvalue weighted by Crippen LogP contribution is -2.42. The molecule has 2 aliphatic rings. The fourth-order valence-corrected chi connectivity index (χ4v) is 4.79. The van der Waals surface area contributed by atoms with Crippen molar-refractivity contribution in [1.82, 2.24) is 5.32 Å². The van der Waals surface area contributed by atoms with Crippen LogP contribution in [0.15, 0.2) is 18.2 Å². The quantitative estimate of drug-likeness (QED) is 0.376. The SMILES string of the molecule is CC(C)CCCNC1CCC(CC(=O)C[C@H]2Cc3cccc(C(=O)O)c3OB2O)CC1=O. The van der Waals surface area contributed by atoms with Crippen LogP contribution in [0.3, 0.4) is 0 Å². The van der Waals surface area contributed by atoms with E-state index in [9.17, 15) is 24.5 Å². The summed E-state index contributed by atoms with van der Waals surface area (Å²) in [5, 5.41) is 23.0. The van der Waals surface area contributed by atoms with E-state index in [2.05, 4.69) is 19.2 Å². The number of carbonyl (C=O) groups excluding carboxylic acids is 2. The number of para-hydroxylation sites is 1. The number of benzene rings is 1. The van der Waals surface area contributed by atoms with Crippen molar-refractivity contribution >= 4 is 24.7 Å². The van der Waals surface area contributed by atoms with Crippen LogP contribution < -0.4 is 9.97 Å². The lowest BCUT2D eigenvalue weighted by atomic mass is 9.64. The Morgan fingerprint density at radius 3 is 2.69 bits per heavy atom. The molecule has 0 bridgehead atoms. The summed E-state index contributed by atoms with van der Waals surface area (Å²) in [6.45, 7) is 5.23. The van der Waals surface area contributed by atoms with Crippen molar-refractivity contribution in [1.29, 1.82) is 0 Å². The highest BCUT2D eigenvalue weighted by molar-refractivity contribution is 6.47. The van der Waals surface area contributed by atoms with Gasteiger partial charge < -0.3 is 20.1 Å². The molecule has 3 rings (SSSR count). The molecule has 1 saturated carbocycles. The molecule has 1 aromatic carbocycles. The van der Waals surface area contributed by atoms with Gasteiger partial charge in [0.2, 0.25) is 0 Å². The second-order valence-corrected chi connectivity index (χ2v) is 9.68. The number of carbonyl (C=O) groups is 3. The highest BCUT2D eigenvalue weighted by atomic mass is 16.5. The second kappa shape index (κ2) is 11.1. The molecule has 7 nitrogen and oxygen atoms in total. The van der Waals surface area contributed by atoms with Crippen LogP contribution in [0.25, 0.3) is 0 Å². The topological polar surface area (TPSA) is 113 Å². The van der Waals surface area contributed by atoms with E-state index >= 15 is 0 Å². The number of hydrogen-bond donors (Lipinski definition) is 3. The number of nitrogens with one attached hydrogen (secondary N) is 1. The van der Waals surface area contributed by atoms with Gasteiger partial charge in [-0.15, -0.1) is 0 Å².